The Morgan fingerprint density at radius 3 is 1.58 bits per heavy atom. The predicted octanol–water partition coefficient (Wildman–Crippen LogP) is 4.76. The minimum atomic E-state index is -0.866. The standard InChI is InChI=1S/C23H41NO2/c1-2-3-4-5-6-7-8-9-10-11-12-21-13-15-22(16-14-21)17-18-23(24,19-25)20-26/h13-16,25-26H,2-12,17-20,24H2,1H3. The Kier molecular flexibility index (Phi) is 12.6. The van der Waals surface area contributed by atoms with Gasteiger partial charge in [-0.15, -0.1) is 0 Å². The second-order valence-corrected chi connectivity index (χ2v) is 7.93. The molecule has 0 aromatic heterocycles. The van der Waals surface area contributed by atoms with E-state index in [1.807, 2.05) is 0 Å². The molecule has 0 bridgehead atoms. The highest BCUT2D eigenvalue weighted by atomic mass is 16.3. The van der Waals surface area contributed by atoms with Crippen LogP contribution in [0.2, 0.25) is 0 Å². The summed E-state index contributed by atoms with van der Waals surface area (Å²) in [5, 5.41) is 18.5. The zero-order valence-electron chi connectivity index (χ0n) is 16.9. The van der Waals surface area contributed by atoms with Gasteiger partial charge in [0.2, 0.25) is 0 Å². The Balaban J connectivity index is 2.10. The molecule has 1 rings (SSSR count). The highest BCUT2D eigenvalue weighted by Gasteiger charge is 2.22. The molecule has 0 aliphatic heterocycles. The maximum absolute atomic E-state index is 9.25. The van der Waals surface area contributed by atoms with Crippen molar-refractivity contribution in [2.24, 2.45) is 5.73 Å². The van der Waals surface area contributed by atoms with Crippen LogP contribution in [0.5, 0.6) is 0 Å². The molecule has 0 unspecified atom stereocenters. The van der Waals surface area contributed by atoms with Gasteiger partial charge >= 0.3 is 0 Å². The van der Waals surface area contributed by atoms with Crippen molar-refractivity contribution in [3.05, 3.63) is 35.4 Å². The van der Waals surface area contributed by atoms with Crippen LogP contribution in [-0.2, 0) is 12.8 Å². The normalized spacial score (nSPS) is 11.8. The number of hydrogen-bond donors (Lipinski definition) is 3. The fraction of sp³-hybridized carbons (Fsp3) is 0.739. The van der Waals surface area contributed by atoms with E-state index >= 15 is 0 Å². The summed E-state index contributed by atoms with van der Waals surface area (Å²) < 4.78 is 0. The molecule has 0 radical (unpaired) electrons. The molecule has 0 amide bonds. The lowest BCUT2D eigenvalue weighted by atomic mass is 9.93. The van der Waals surface area contributed by atoms with Gasteiger partial charge < -0.3 is 15.9 Å². The second-order valence-electron chi connectivity index (χ2n) is 7.93. The number of hydrogen-bond acceptors (Lipinski definition) is 3. The van der Waals surface area contributed by atoms with Crippen LogP contribution in [0.1, 0.15) is 88.7 Å². The van der Waals surface area contributed by atoms with Crippen LogP contribution in [0.25, 0.3) is 0 Å². The first-order valence-electron chi connectivity index (χ1n) is 10.7. The Morgan fingerprint density at radius 2 is 1.12 bits per heavy atom. The van der Waals surface area contributed by atoms with Crippen LogP contribution in [0, 0.1) is 0 Å². The number of benzene rings is 1. The molecule has 0 heterocycles. The molecule has 0 aliphatic rings. The molecule has 0 saturated carbocycles. The van der Waals surface area contributed by atoms with Crippen LogP contribution >= 0.6 is 0 Å². The summed E-state index contributed by atoms with van der Waals surface area (Å²) in [5.41, 5.74) is 7.67. The fourth-order valence-electron chi connectivity index (χ4n) is 3.29. The fourth-order valence-corrected chi connectivity index (χ4v) is 3.29. The molecular weight excluding hydrogens is 322 g/mol. The van der Waals surface area contributed by atoms with Crippen LogP contribution < -0.4 is 5.73 Å². The van der Waals surface area contributed by atoms with Gasteiger partial charge in [-0.2, -0.15) is 0 Å². The van der Waals surface area contributed by atoms with Gasteiger partial charge in [0.1, 0.15) is 0 Å². The summed E-state index contributed by atoms with van der Waals surface area (Å²) in [6.45, 7) is 1.91. The van der Waals surface area contributed by atoms with Crippen LogP contribution in [0.3, 0.4) is 0 Å². The third kappa shape index (κ3) is 10.3. The van der Waals surface area contributed by atoms with Crippen molar-refractivity contribution in [3.63, 3.8) is 0 Å². The molecule has 0 fully saturated rings. The van der Waals surface area contributed by atoms with Crippen molar-refractivity contribution in [2.45, 2.75) is 95.9 Å². The van der Waals surface area contributed by atoms with E-state index < -0.39 is 5.54 Å². The van der Waals surface area contributed by atoms with Crippen molar-refractivity contribution in [3.8, 4) is 0 Å². The number of aliphatic hydroxyl groups excluding tert-OH is 2. The lowest BCUT2D eigenvalue weighted by Gasteiger charge is -2.24. The third-order valence-electron chi connectivity index (χ3n) is 5.38. The largest absolute Gasteiger partial charge is 0.394 e. The quantitative estimate of drug-likeness (QED) is 0.371. The van der Waals surface area contributed by atoms with E-state index in [1.165, 1.54) is 75.3 Å². The maximum Gasteiger partial charge on any atom is 0.0633 e. The highest BCUT2D eigenvalue weighted by molar-refractivity contribution is 5.23. The molecule has 3 nitrogen and oxygen atoms in total. The lowest BCUT2D eigenvalue weighted by molar-refractivity contribution is 0.115. The van der Waals surface area contributed by atoms with Crippen molar-refractivity contribution in [1.82, 2.24) is 0 Å². The van der Waals surface area contributed by atoms with Crippen molar-refractivity contribution in [1.29, 1.82) is 0 Å². The molecular formula is C23H41NO2. The Hall–Kier alpha value is -0.900. The van der Waals surface area contributed by atoms with Crippen molar-refractivity contribution in [2.75, 3.05) is 13.2 Å². The smallest absolute Gasteiger partial charge is 0.0633 e. The number of aryl methyl sites for hydroxylation is 2. The molecule has 26 heavy (non-hydrogen) atoms. The summed E-state index contributed by atoms with van der Waals surface area (Å²) in [5.74, 6) is 0. The van der Waals surface area contributed by atoms with Crippen molar-refractivity contribution >= 4 is 0 Å². The van der Waals surface area contributed by atoms with Gasteiger partial charge in [0.15, 0.2) is 0 Å². The number of rotatable bonds is 16. The first-order chi connectivity index (χ1) is 12.6. The van der Waals surface area contributed by atoms with Gasteiger partial charge in [-0.05, 0) is 36.8 Å². The molecule has 4 N–H and O–H groups in total. The minimum absolute atomic E-state index is 0.180. The molecule has 1 aromatic rings. The van der Waals surface area contributed by atoms with Crippen LogP contribution in [0.15, 0.2) is 24.3 Å². The maximum atomic E-state index is 9.25. The summed E-state index contributed by atoms with van der Waals surface area (Å²) in [6.07, 6.45) is 16.3. The van der Waals surface area contributed by atoms with Crippen LogP contribution in [0.4, 0.5) is 0 Å². The topological polar surface area (TPSA) is 66.5 Å². The molecule has 0 atom stereocenters. The molecule has 0 aliphatic carbocycles. The van der Waals surface area contributed by atoms with E-state index in [9.17, 15) is 10.2 Å². The SMILES string of the molecule is CCCCCCCCCCCCc1ccc(CCC(N)(CO)CO)cc1. The van der Waals surface area contributed by atoms with Gasteiger partial charge in [0.05, 0.1) is 18.8 Å². The first-order valence-corrected chi connectivity index (χ1v) is 10.7. The molecule has 1 aromatic carbocycles. The second kappa shape index (κ2) is 14.2. The zero-order chi connectivity index (χ0) is 19.1. The average molecular weight is 364 g/mol. The zero-order valence-corrected chi connectivity index (χ0v) is 16.9. The van der Waals surface area contributed by atoms with Gasteiger partial charge in [-0.25, -0.2) is 0 Å². The minimum Gasteiger partial charge on any atom is -0.394 e. The van der Waals surface area contributed by atoms with E-state index in [4.69, 9.17) is 5.73 Å². The molecule has 150 valence electrons. The highest BCUT2D eigenvalue weighted by Crippen LogP contribution is 2.15. The van der Waals surface area contributed by atoms with Crippen LogP contribution in [-0.4, -0.2) is 29.0 Å². The summed E-state index contributed by atoms with van der Waals surface area (Å²) in [4.78, 5) is 0. The van der Waals surface area contributed by atoms with Gasteiger partial charge in [-0.1, -0.05) is 89.0 Å². The van der Waals surface area contributed by atoms with Gasteiger partial charge in [-0.3, -0.25) is 0 Å². The van der Waals surface area contributed by atoms with Gasteiger partial charge in [0.25, 0.3) is 0 Å². The third-order valence-corrected chi connectivity index (χ3v) is 5.38. The number of unbranched alkanes of at least 4 members (excludes halogenated alkanes) is 9. The Bertz CT molecular complexity index is 440. The van der Waals surface area contributed by atoms with E-state index in [2.05, 4.69) is 31.2 Å². The van der Waals surface area contributed by atoms with Gasteiger partial charge in [0, 0.05) is 0 Å². The summed E-state index contributed by atoms with van der Waals surface area (Å²) in [6, 6.07) is 8.72. The Labute approximate surface area is 161 Å². The first kappa shape index (κ1) is 23.1. The number of aliphatic hydroxyl groups is 2. The van der Waals surface area contributed by atoms with E-state index in [0.29, 0.717) is 6.42 Å². The monoisotopic (exact) mass is 363 g/mol. The number of nitrogens with two attached hydrogens (primary N) is 1. The van der Waals surface area contributed by atoms with E-state index in [0.717, 1.165) is 12.8 Å². The molecule has 3 heteroatoms. The molecule has 0 spiro atoms. The Morgan fingerprint density at radius 1 is 0.692 bits per heavy atom. The van der Waals surface area contributed by atoms with E-state index in [-0.39, 0.29) is 13.2 Å². The van der Waals surface area contributed by atoms with E-state index in [1.54, 1.807) is 0 Å². The summed E-state index contributed by atoms with van der Waals surface area (Å²) in [7, 11) is 0. The van der Waals surface area contributed by atoms with Crippen molar-refractivity contribution < 1.29 is 10.2 Å². The predicted molar refractivity (Wildman–Crippen MR) is 111 cm³/mol. The molecule has 0 saturated heterocycles. The average Bonchev–Trinajstić information content (AvgIpc) is 2.68. The summed E-state index contributed by atoms with van der Waals surface area (Å²) >= 11 is 0. The lowest BCUT2D eigenvalue weighted by Crippen LogP contribution is -2.47.